The van der Waals surface area contributed by atoms with Crippen LogP contribution in [0.15, 0.2) is 12.3 Å². The second-order valence-corrected chi connectivity index (χ2v) is 4.32. The SMILES string of the molecule is CC(C)[C@H]1COC(=O)N1c1nccc(Cl)n1. The molecule has 2 rings (SSSR count). The van der Waals surface area contributed by atoms with E-state index in [4.69, 9.17) is 16.3 Å². The Labute approximate surface area is 98.4 Å². The first kappa shape index (κ1) is 11.1. The average molecular weight is 242 g/mol. The molecule has 2 heterocycles. The molecule has 0 aliphatic carbocycles. The molecule has 1 fully saturated rings. The van der Waals surface area contributed by atoms with Gasteiger partial charge in [0.25, 0.3) is 0 Å². The van der Waals surface area contributed by atoms with Crippen molar-refractivity contribution in [3.63, 3.8) is 0 Å². The summed E-state index contributed by atoms with van der Waals surface area (Å²) >= 11 is 5.77. The lowest BCUT2D eigenvalue weighted by atomic mass is 10.1. The van der Waals surface area contributed by atoms with E-state index in [0.29, 0.717) is 17.7 Å². The molecule has 0 N–H and O–H groups in total. The number of amides is 1. The Morgan fingerprint density at radius 1 is 1.62 bits per heavy atom. The third-order valence-corrected chi connectivity index (χ3v) is 2.71. The summed E-state index contributed by atoms with van der Waals surface area (Å²) in [7, 11) is 0. The van der Waals surface area contributed by atoms with Crippen molar-refractivity contribution in [2.45, 2.75) is 19.9 Å². The number of carbonyl (C=O) groups is 1. The van der Waals surface area contributed by atoms with Gasteiger partial charge in [-0.25, -0.2) is 19.7 Å². The Morgan fingerprint density at radius 2 is 2.38 bits per heavy atom. The first-order chi connectivity index (χ1) is 7.59. The van der Waals surface area contributed by atoms with Crippen molar-refractivity contribution >= 4 is 23.6 Å². The molecule has 1 atom stereocenters. The van der Waals surface area contributed by atoms with Crippen LogP contribution in [0.1, 0.15) is 13.8 Å². The number of aromatic nitrogens is 2. The number of anilines is 1. The van der Waals surface area contributed by atoms with Crippen molar-refractivity contribution in [3.05, 3.63) is 17.4 Å². The summed E-state index contributed by atoms with van der Waals surface area (Å²) in [4.78, 5) is 21.1. The van der Waals surface area contributed by atoms with E-state index in [1.165, 1.54) is 11.1 Å². The number of ether oxygens (including phenoxy) is 1. The molecule has 0 radical (unpaired) electrons. The second kappa shape index (κ2) is 4.25. The van der Waals surface area contributed by atoms with Gasteiger partial charge in [-0.2, -0.15) is 0 Å². The molecule has 1 aromatic rings. The molecule has 1 aliphatic heterocycles. The molecule has 86 valence electrons. The highest BCUT2D eigenvalue weighted by molar-refractivity contribution is 6.29. The van der Waals surface area contributed by atoms with Crippen LogP contribution in [0.5, 0.6) is 0 Å². The molecule has 1 saturated heterocycles. The quantitative estimate of drug-likeness (QED) is 0.745. The molecule has 1 amide bonds. The number of halogens is 1. The van der Waals surface area contributed by atoms with E-state index in [9.17, 15) is 4.79 Å². The summed E-state index contributed by atoms with van der Waals surface area (Å²) in [6.07, 6.45) is 1.11. The van der Waals surface area contributed by atoms with Gasteiger partial charge in [-0.1, -0.05) is 25.4 Å². The molecule has 0 bridgehead atoms. The Balaban J connectivity index is 2.33. The van der Waals surface area contributed by atoms with Crippen LogP contribution in [0.4, 0.5) is 10.7 Å². The van der Waals surface area contributed by atoms with Crippen LogP contribution in [0.25, 0.3) is 0 Å². The van der Waals surface area contributed by atoms with E-state index in [-0.39, 0.29) is 12.0 Å². The number of hydrogen-bond acceptors (Lipinski definition) is 4. The summed E-state index contributed by atoms with van der Waals surface area (Å²) in [5.74, 6) is 0.572. The monoisotopic (exact) mass is 241 g/mol. The van der Waals surface area contributed by atoms with Crippen LogP contribution < -0.4 is 4.90 Å². The van der Waals surface area contributed by atoms with Crippen LogP contribution >= 0.6 is 11.6 Å². The summed E-state index contributed by atoms with van der Waals surface area (Å²) < 4.78 is 5.00. The third kappa shape index (κ3) is 1.95. The lowest BCUT2D eigenvalue weighted by Crippen LogP contribution is -2.38. The molecule has 16 heavy (non-hydrogen) atoms. The van der Waals surface area contributed by atoms with Crippen LogP contribution in [-0.2, 0) is 4.74 Å². The number of rotatable bonds is 2. The van der Waals surface area contributed by atoms with E-state index in [1.54, 1.807) is 6.07 Å². The zero-order valence-corrected chi connectivity index (χ0v) is 9.81. The van der Waals surface area contributed by atoms with Crippen LogP contribution in [0.3, 0.4) is 0 Å². The third-order valence-electron chi connectivity index (χ3n) is 2.50. The van der Waals surface area contributed by atoms with Crippen LogP contribution in [-0.4, -0.2) is 28.7 Å². The Hall–Kier alpha value is -1.36. The minimum absolute atomic E-state index is 0.0361. The van der Waals surface area contributed by atoms with Crippen molar-refractivity contribution < 1.29 is 9.53 Å². The topological polar surface area (TPSA) is 55.3 Å². The predicted molar refractivity (Wildman–Crippen MR) is 59.5 cm³/mol. The largest absolute Gasteiger partial charge is 0.447 e. The fourth-order valence-electron chi connectivity index (χ4n) is 1.60. The molecular formula is C10H12ClN3O2. The van der Waals surface area contributed by atoms with Gasteiger partial charge in [0.1, 0.15) is 11.8 Å². The minimum atomic E-state index is -0.416. The van der Waals surface area contributed by atoms with Gasteiger partial charge in [-0.05, 0) is 12.0 Å². The Kier molecular flexibility index (Phi) is 2.96. The molecule has 0 unspecified atom stereocenters. The zero-order chi connectivity index (χ0) is 11.7. The van der Waals surface area contributed by atoms with Crippen LogP contribution in [0.2, 0.25) is 5.15 Å². The van der Waals surface area contributed by atoms with Gasteiger partial charge in [0.2, 0.25) is 5.95 Å². The molecule has 1 aliphatic rings. The minimum Gasteiger partial charge on any atom is -0.447 e. The molecule has 6 heteroatoms. The average Bonchev–Trinajstić information content (AvgIpc) is 2.60. The van der Waals surface area contributed by atoms with E-state index >= 15 is 0 Å². The number of hydrogen-bond donors (Lipinski definition) is 0. The molecule has 1 aromatic heterocycles. The van der Waals surface area contributed by atoms with Crippen LogP contribution in [0, 0.1) is 5.92 Å². The summed E-state index contributed by atoms with van der Waals surface area (Å²) in [5.41, 5.74) is 0. The van der Waals surface area contributed by atoms with Crippen molar-refractivity contribution in [1.29, 1.82) is 0 Å². The summed E-state index contributed by atoms with van der Waals surface area (Å²) in [5, 5.41) is 0.312. The summed E-state index contributed by atoms with van der Waals surface area (Å²) in [6, 6.07) is 1.53. The molecule has 0 aromatic carbocycles. The lowest BCUT2D eigenvalue weighted by Gasteiger charge is -2.22. The highest BCUT2D eigenvalue weighted by atomic mass is 35.5. The van der Waals surface area contributed by atoms with Gasteiger partial charge in [-0.15, -0.1) is 0 Å². The normalized spacial score (nSPS) is 20.4. The van der Waals surface area contributed by atoms with Gasteiger partial charge < -0.3 is 4.74 Å². The van der Waals surface area contributed by atoms with Gasteiger partial charge in [0.05, 0.1) is 6.04 Å². The highest BCUT2D eigenvalue weighted by Crippen LogP contribution is 2.24. The van der Waals surface area contributed by atoms with Gasteiger partial charge >= 0.3 is 6.09 Å². The molecular weight excluding hydrogens is 230 g/mol. The highest BCUT2D eigenvalue weighted by Gasteiger charge is 2.37. The first-order valence-corrected chi connectivity index (χ1v) is 5.42. The van der Waals surface area contributed by atoms with Crippen molar-refractivity contribution in [3.8, 4) is 0 Å². The Bertz CT molecular complexity index is 411. The second-order valence-electron chi connectivity index (χ2n) is 3.94. The van der Waals surface area contributed by atoms with Gasteiger partial charge in [0.15, 0.2) is 0 Å². The van der Waals surface area contributed by atoms with Gasteiger partial charge in [-0.3, -0.25) is 0 Å². The van der Waals surface area contributed by atoms with E-state index in [0.717, 1.165) is 0 Å². The van der Waals surface area contributed by atoms with E-state index in [1.807, 2.05) is 13.8 Å². The van der Waals surface area contributed by atoms with E-state index < -0.39 is 6.09 Å². The molecule has 0 saturated carbocycles. The zero-order valence-electron chi connectivity index (χ0n) is 9.05. The molecule has 5 nitrogen and oxygen atoms in total. The van der Waals surface area contributed by atoms with Crippen molar-refractivity contribution in [2.75, 3.05) is 11.5 Å². The number of cyclic esters (lactones) is 1. The number of nitrogens with zero attached hydrogens (tertiary/aromatic N) is 3. The Morgan fingerprint density at radius 3 is 3.00 bits per heavy atom. The van der Waals surface area contributed by atoms with E-state index in [2.05, 4.69) is 9.97 Å². The van der Waals surface area contributed by atoms with Gasteiger partial charge in [0, 0.05) is 6.20 Å². The number of carbonyl (C=O) groups excluding carboxylic acids is 1. The maximum Gasteiger partial charge on any atom is 0.417 e. The lowest BCUT2D eigenvalue weighted by molar-refractivity contribution is 0.177. The fraction of sp³-hybridized carbons (Fsp3) is 0.500. The maximum atomic E-state index is 11.6. The fourth-order valence-corrected chi connectivity index (χ4v) is 1.73. The maximum absolute atomic E-state index is 11.6. The van der Waals surface area contributed by atoms with Crippen molar-refractivity contribution in [1.82, 2.24) is 9.97 Å². The molecule has 0 spiro atoms. The summed E-state index contributed by atoms with van der Waals surface area (Å²) in [6.45, 7) is 4.40. The smallest absolute Gasteiger partial charge is 0.417 e. The first-order valence-electron chi connectivity index (χ1n) is 5.04. The van der Waals surface area contributed by atoms with Crippen molar-refractivity contribution in [2.24, 2.45) is 5.92 Å². The predicted octanol–water partition coefficient (Wildman–Crippen LogP) is 2.11. The standard InChI is InChI=1S/C10H12ClN3O2/c1-6(2)7-5-16-10(15)14(7)9-12-4-3-8(11)13-9/h3-4,6-7H,5H2,1-2H3/t7-/m1/s1.